The molecule has 1 rings (SSSR count). The normalized spacial score (nSPS) is 32.3. The molecule has 0 aromatic heterocycles. The van der Waals surface area contributed by atoms with Crippen LogP contribution >= 0.6 is 0 Å². The van der Waals surface area contributed by atoms with Crippen LogP contribution in [0.4, 0.5) is 0 Å². The lowest BCUT2D eigenvalue weighted by Crippen LogP contribution is -2.31. The van der Waals surface area contributed by atoms with E-state index in [1.54, 1.807) is 0 Å². The number of carbonyl (C=O) groups excluding carboxylic acids is 1. The van der Waals surface area contributed by atoms with Crippen LogP contribution in [0.3, 0.4) is 0 Å². The highest BCUT2D eigenvalue weighted by molar-refractivity contribution is 5.84. The largest absolute Gasteiger partial charge is 0.394 e. The Morgan fingerprint density at radius 1 is 1.62 bits per heavy atom. The first kappa shape index (κ1) is 10.4. The number of ether oxygens (including phenoxy) is 1. The van der Waals surface area contributed by atoms with E-state index in [9.17, 15) is 4.79 Å². The molecule has 0 spiro atoms. The first-order chi connectivity index (χ1) is 6.27. The molecule has 1 heterocycles. The van der Waals surface area contributed by atoms with Crippen molar-refractivity contribution in [1.82, 2.24) is 0 Å². The average Bonchev–Trinajstić information content (AvgIpc) is 2.13. The van der Waals surface area contributed by atoms with Crippen LogP contribution in [0, 0.1) is 0 Å². The predicted molar refractivity (Wildman–Crippen MR) is 49.4 cm³/mol. The van der Waals surface area contributed by atoms with Crippen LogP contribution in [-0.2, 0) is 9.53 Å². The van der Waals surface area contributed by atoms with Crippen LogP contribution in [0.1, 0.15) is 26.2 Å². The molecule has 13 heavy (non-hydrogen) atoms. The maximum Gasteiger partial charge on any atom is 0.165 e. The molecule has 1 aliphatic heterocycles. The lowest BCUT2D eigenvalue weighted by Gasteiger charge is -2.22. The number of allylic oxidation sites excluding steroid dienone is 1. The lowest BCUT2D eigenvalue weighted by molar-refractivity contribution is -0.135. The number of hydrogen-bond acceptors (Lipinski definition) is 3. The van der Waals surface area contributed by atoms with Gasteiger partial charge in [-0.05, 0) is 12.8 Å². The van der Waals surface area contributed by atoms with Crippen LogP contribution in [0.2, 0.25) is 0 Å². The van der Waals surface area contributed by atoms with E-state index >= 15 is 0 Å². The predicted octanol–water partition coefficient (Wildman–Crippen LogP) is 1.06. The minimum atomic E-state index is -0.331. The molecule has 74 valence electrons. The van der Waals surface area contributed by atoms with Gasteiger partial charge in [0.05, 0.1) is 12.7 Å². The Balaban J connectivity index is 2.62. The van der Waals surface area contributed by atoms with Crippen molar-refractivity contribution in [3.8, 4) is 0 Å². The SMILES string of the molecule is CC[C@H]1O[C@@H](CO)C/C=C\CC1=O. The summed E-state index contributed by atoms with van der Waals surface area (Å²) in [6.07, 6.45) is 5.04. The minimum absolute atomic E-state index is 0.0197. The van der Waals surface area contributed by atoms with Gasteiger partial charge in [-0.25, -0.2) is 0 Å². The van der Waals surface area contributed by atoms with Gasteiger partial charge in [0.1, 0.15) is 6.10 Å². The number of Topliss-reactive ketones (excluding diaryl/α,β-unsaturated/α-hetero) is 1. The Labute approximate surface area is 78.4 Å². The first-order valence-electron chi connectivity index (χ1n) is 4.72. The third-order valence-electron chi connectivity index (χ3n) is 2.17. The molecule has 2 atom stereocenters. The van der Waals surface area contributed by atoms with Gasteiger partial charge in [-0.15, -0.1) is 0 Å². The molecule has 0 radical (unpaired) electrons. The Kier molecular flexibility index (Phi) is 4.12. The molecule has 0 saturated carbocycles. The fraction of sp³-hybridized carbons (Fsp3) is 0.700. The fourth-order valence-electron chi connectivity index (χ4n) is 1.38. The van der Waals surface area contributed by atoms with Crippen molar-refractivity contribution >= 4 is 5.78 Å². The van der Waals surface area contributed by atoms with Gasteiger partial charge in [0.2, 0.25) is 0 Å². The van der Waals surface area contributed by atoms with Crippen molar-refractivity contribution < 1.29 is 14.6 Å². The zero-order chi connectivity index (χ0) is 9.68. The fourth-order valence-corrected chi connectivity index (χ4v) is 1.38. The summed E-state index contributed by atoms with van der Waals surface area (Å²) < 4.78 is 5.45. The number of ketones is 1. The smallest absolute Gasteiger partial charge is 0.165 e. The second-order valence-corrected chi connectivity index (χ2v) is 3.22. The third-order valence-corrected chi connectivity index (χ3v) is 2.17. The third kappa shape index (κ3) is 2.94. The van der Waals surface area contributed by atoms with Crippen LogP contribution in [0.25, 0.3) is 0 Å². The van der Waals surface area contributed by atoms with Crippen molar-refractivity contribution in [2.45, 2.75) is 38.4 Å². The molecular formula is C10H16O3. The molecule has 0 aromatic rings. The van der Waals surface area contributed by atoms with E-state index in [0.29, 0.717) is 19.3 Å². The number of hydrogen-bond donors (Lipinski definition) is 1. The highest BCUT2D eigenvalue weighted by Gasteiger charge is 2.21. The van der Waals surface area contributed by atoms with Gasteiger partial charge in [-0.1, -0.05) is 19.1 Å². The summed E-state index contributed by atoms with van der Waals surface area (Å²) in [5.41, 5.74) is 0. The Morgan fingerprint density at radius 3 is 3.00 bits per heavy atom. The summed E-state index contributed by atoms with van der Waals surface area (Å²) in [4.78, 5) is 11.4. The molecule has 3 heteroatoms. The Morgan fingerprint density at radius 2 is 2.38 bits per heavy atom. The van der Waals surface area contributed by atoms with Gasteiger partial charge in [0.15, 0.2) is 5.78 Å². The molecule has 0 aliphatic carbocycles. The van der Waals surface area contributed by atoms with Crippen molar-refractivity contribution in [1.29, 1.82) is 0 Å². The van der Waals surface area contributed by atoms with Gasteiger partial charge in [-0.3, -0.25) is 4.79 Å². The van der Waals surface area contributed by atoms with Crippen molar-refractivity contribution in [3.63, 3.8) is 0 Å². The number of rotatable bonds is 2. The van der Waals surface area contributed by atoms with E-state index in [1.807, 2.05) is 19.1 Å². The van der Waals surface area contributed by atoms with E-state index < -0.39 is 0 Å². The van der Waals surface area contributed by atoms with Gasteiger partial charge < -0.3 is 9.84 Å². The van der Waals surface area contributed by atoms with Crippen LogP contribution < -0.4 is 0 Å². The zero-order valence-electron chi connectivity index (χ0n) is 7.90. The number of carbonyl (C=O) groups is 1. The molecule has 0 unspecified atom stereocenters. The summed E-state index contributed by atoms with van der Waals surface area (Å²) in [6.45, 7) is 1.90. The topological polar surface area (TPSA) is 46.5 Å². The maximum absolute atomic E-state index is 11.4. The van der Waals surface area contributed by atoms with Gasteiger partial charge >= 0.3 is 0 Å². The second-order valence-electron chi connectivity index (χ2n) is 3.22. The molecular weight excluding hydrogens is 168 g/mol. The van der Waals surface area contributed by atoms with E-state index in [4.69, 9.17) is 9.84 Å². The number of aliphatic hydroxyl groups excluding tert-OH is 1. The van der Waals surface area contributed by atoms with Crippen LogP contribution in [0.15, 0.2) is 12.2 Å². The van der Waals surface area contributed by atoms with Crippen molar-refractivity contribution in [2.24, 2.45) is 0 Å². The monoisotopic (exact) mass is 184 g/mol. The quantitative estimate of drug-likeness (QED) is 0.653. The highest BCUT2D eigenvalue weighted by atomic mass is 16.5. The standard InChI is InChI=1S/C10H16O3/c1-2-10-9(12)6-4-3-5-8(7-11)13-10/h3-4,8,10-11H,2,5-7H2,1H3/b4-3-/t8-,10-/m1/s1. The lowest BCUT2D eigenvalue weighted by atomic mass is 10.1. The molecule has 1 N–H and O–H groups in total. The highest BCUT2D eigenvalue weighted by Crippen LogP contribution is 2.12. The molecule has 1 aliphatic rings. The Hall–Kier alpha value is -0.670. The van der Waals surface area contributed by atoms with Crippen molar-refractivity contribution in [2.75, 3.05) is 6.61 Å². The molecule has 3 nitrogen and oxygen atoms in total. The van der Waals surface area contributed by atoms with Crippen LogP contribution in [0.5, 0.6) is 0 Å². The summed E-state index contributed by atoms with van der Waals surface area (Å²) in [5.74, 6) is 0.108. The summed E-state index contributed by atoms with van der Waals surface area (Å²) in [6, 6.07) is 0. The van der Waals surface area contributed by atoms with E-state index in [2.05, 4.69) is 0 Å². The number of aliphatic hydroxyl groups is 1. The summed E-state index contributed by atoms with van der Waals surface area (Å²) in [7, 11) is 0. The summed E-state index contributed by atoms with van der Waals surface area (Å²) >= 11 is 0. The second kappa shape index (κ2) is 5.14. The van der Waals surface area contributed by atoms with E-state index in [0.717, 1.165) is 0 Å². The van der Waals surface area contributed by atoms with Gasteiger partial charge in [0.25, 0.3) is 0 Å². The molecule has 0 aromatic carbocycles. The first-order valence-corrected chi connectivity index (χ1v) is 4.72. The van der Waals surface area contributed by atoms with E-state index in [1.165, 1.54) is 0 Å². The van der Waals surface area contributed by atoms with Crippen LogP contribution in [-0.4, -0.2) is 29.7 Å². The molecule has 0 saturated heterocycles. The minimum Gasteiger partial charge on any atom is -0.394 e. The molecule has 0 fully saturated rings. The van der Waals surface area contributed by atoms with E-state index in [-0.39, 0.29) is 24.6 Å². The zero-order valence-corrected chi connectivity index (χ0v) is 7.90. The average molecular weight is 184 g/mol. The maximum atomic E-state index is 11.4. The molecule has 0 amide bonds. The molecule has 0 bridgehead atoms. The Bertz CT molecular complexity index is 198. The summed E-state index contributed by atoms with van der Waals surface area (Å²) in [5, 5.41) is 8.94. The van der Waals surface area contributed by atoms with Gasteiger partial charge in [0, 0.05) is 6.42 Å². The van der Waals surface area contributed by atoms with Gasteiger partial charge in [-0.2, -0.15) is 0 Å². The van der Waals surface area contributed by atoms with Crippen molar-refractivity contribution in [3.05, 3.63) is 12.2 Å².